The zero-order valence-corrected chi connectivity index (χ0v) is 17.7. The Balaban J connectivity index is 2.09. The lowest BCUT2D eigenvalue weighted by Crippen LogP contribution is -2.36. The zero-order chi connectivity index (χ0) is 20.4. The van der Waals surface area contributed by atoms with Gasteiger partial charge in [-0.1, -0.05) is 13.8 Å². The molecular weight excluding hydrogens is 473 g/mol. The Labute approximate surface area is 170 Å². The van der Waals surface area contributed by atoms with E-state index in [1.807, 2.05) is 36.4 Å². The molecule has 1 saturated heterocycles. The number of anilines is 1. The van der Waals surface area contributed by atoms with Crippen molar-refractivity contribution in [2.24, 2.45) is 5.41 Å². The Morgan fingerprint density at radius 1 is 1.41 bits per heavy atom. The van der Waals surface area contributed by atoms with Gasteiger partial charge in [0.15, 0.2) is 12.0 Å². The van der Waals surface area contributed by atoms with E-state index in [1.54, 1.807) is 14.0 Å². The van der Waals surface area contributed by atoms with Crippen molar-refractivity contribution in [1.82, 2.24) is 9.55 Å². The topological polar surface area (TPSA) is 132 Å². The van der Waals surface area contributed by atoms with Gasteiger partial charge in [0.25, 0.3) is 0 Å². The molecule has 0 radical (unpaired) electrons. The van der Waals surface area contributed by atoms with Crippen molar-refractivity contribution >= 4 is 34.5 Å². The van der Waals surface area contributed by atoms with Gasteiger partial charge in [-0.15, -0.1) is 0 Å². The molecule has 1 aliphatic rings. The standard InChI is InChI=1S/C16H24IN3O7/c1-8-10(21)11(22)13(27-8)20-5-9(17)12(18-14(20)23)19-15(24)26-7-16(2,3)6-25-4/h5,8,10-11,13,21-22H,6-7H2,1-4H3,(H,18,19,23,24)/t8-,10?,11?,13-/m1/s1. The Kier molecular flexibility index (Phi) is 7.19. The summed E-state index contributed by atoms with van der Waals surface area (Å²) in [7, 11) is 1.56. The number of halogens is 1. The summed E-state index contributed by atoms with van der Waals surface area (Å²) in [5.41, 5.74) is -1.10. The van der Waals surface area contributed by atoms with Crippen LogP contribution in [-0.4, -0.2) is 64.5 Å². The highest BCUT2D eigenvalue weighted by atomic mass is 127. The van der Waals surface area contributed by atoms with E-state index in [4.69, 9.17) is 14.2 Å². The van der Waals surface area contributed by atoms with E-state index < -0.39 is 36.3 Å². The number of carbonyl (C=O) groups is 1. The summed E-state index contributed by atoms with van der Waals surface area (Å²) in [6, 6.07) is 0. The normalized spacial score (nSPS) is 25.4. The second-order valence-electron chi connectivity index (χ2n) is 7.14. The number of aromatic nitrogens is 2. The Morgan fingerprint density at radius 2 is 2.07 bits per heavy atom. The third kappa shape index (κ3) is 5.38. The third-order valence-electron chi connectivity index (χ3n) is 4.01. The second-order valence-corrected chi connectivity index (χ2v) is 8.30. The van der Waals surface area contributed by atoms with Crippen LogP contribution >= 0.6 is 22.6 Å². The monoisotopic (exact) mass is 497 g/mol. The van der Waals surface area contributed by atoms with Gasteiger partial charge < -0.3 is 24.4 Å². The molecule has 2 heterocycles. The quantitative estimate of drug-likeness (QED) is 0.490. The van der Waals surface area contributed by atoms with Crippen LogP contribution in [0, 0.1) is 8.99 Å². The zero-order valence-electron chi connectivity index (χ0n) is 15.5. The summed E-state index contributed by atoms with van der Waals surface area (Å²) >= 11 is 1.89. The number of nitrogens with one attached hydrogen (secondary N) is 1. The van der Waals surface area contributed by atoms with Crippen LogP contribution in [0.25, 0.3) is 0 Å². The molecule has 152 valence electrons. The van der Waals surface area contributed by atoms with E-state index in [0.717, 1.165) is 4.57 Å². The number of aliphatic hydroxyl groups excluding tert-OH is 2. The first kappa shape index (κ1) is 22.0. The molecule has 2 rings (SSSR count). The molecule has 27 heavy (non-hydrogen) atoms. The largest absolute Gasteiger partial charge is 0.449 e. The smallest absolute Gasteiger partial charge is 0.412 e. The van der Waals surface area contributed by atoms with Crippen LogP contribution in [0.5, 0.6) is 0 Å². The van der Waals surface area contributed by atoms with Gasteiger partial charge >= 0.3 is 11.8 Å². The first-order valence-corrected chi connectivity index (χ1v) is 9.36. The predicted octanol–water partition coefficient (Wildman–Crippen LogP) is 0.708. The van der Waals surface area contributed by atoms with Gasteiger partial charge in [0.2, 0.25) is 0 Å². The van der Waals surface area contributed by atoms with Crippen molar-refractivity contribution in [3.05, 3.63) is 20.3 Å². The van der Waals surface area contributed by atoms with Gasteiger partial charge in [0.1, 0.15) is 18.8 Å². The lowest BCUT2D eigenvalue weighted by atomic mass is 9.96. The molecule has 1 aliphatic heterocycles. The average Bonchev–Trinajstić information content (AvgIpc) is 2.83. The Hall–Kier alpha value is -1.28. The molecule has 0 aliphatic carbocycles. The van der Waals surface area contributed by atoms with E-state index in [-0.39, 0.29) is 17.8 Å². The fraction of sp³-hybridized carbons (Fsp3) is 0.688. The number of hydrogen-bond donors (Lipinski definition) is 3. The lowest BCUT2D eigenvalue weighted by molar-refractivity contribution is -0.0351. The van der Waals surface area contributed by atoms with Crippen LogP contribution in [0.1, 0.15) is 27.0 Å². The molecule has 0 aromatic carbocycles. The SMILES string of the molecule is COCC(C)(C)COC(=O)Nc1nc(=O)n([C@@H]2O[C@H](C)C(O)C2O)cc1I. The predicted molar refractivity (Wildman–Crippen MR) is 103 cm³/mol. The highest BCUT2D eigenvalue weighted by molar-refractivity contribution is 14.1. The van der Waals surface area contributed by atoms with Crippen LogP contribution in [0.4, 0.5) is 10.6 Å². The van der Waals surface area contributed by atoms with Crippen molar-refractivity contribution in [2.45, 2.75) is 45.3 Å². The first-order valence-electron chi connectivity index (χ1n) is 8.29. The van der Waals surface area contributed by atoms with E-state index in [1.165, 1.54) is 6.20 Å². The highest BCUT2D eigenvalue weighted by Gasteiger charge is 2.42. The van der Waals surface area contributed by atoms with Gasteiger partial charge in [0, 0.05) is 18.7 Å². The molecule has 0 spiro atoms. The number of aliphatic hydroxyl groups is 2. The molecule has 1 aromatic heterocycles. The number of amides is 1. The third-order valence-corrected chi connectivity index (χ3v) is 4.80. The summed E-state index contributed by atoms with van der Waals surface area (Å²) in [6.45, 7) is 5.90. The minimum atomic E-state index is -1.26. The van der Waals surface area contributed by atoms with Crippen LogP contribution < -0.4 is 11.0 Å². The second kappa shape index (κ2) is 8.82. The molecule has 1 amide bonds. The highest BCUT2D eigenvalue weighted by Crippen LogP contribution is 2.28. The van der Waals surface area contributed by atoms with Crippen molar-refractivity contribution in [1.29, 1.82) is 0 Å². The summed E-state index contributed by atoms with van der Waals surface area (Å²) in [6.07, 6.45) is -3.41. The van der Waals surface area contributed by atoms with Gasteiger partial charge in [-0.05, 0) is 29.5 Å². The maximum Gasteiger partial charge on any atom is 0.412 e. The first-order chi connectivity index (χ1) is 12.6. The fourth-order valence-electron chi connectivity index (χ4n) is 2.60. The van der Waals surface area contributed by atoms with Crippen LogP contribution in [0.2, 0.25) is 0 Å². The molecule has 2 unspecified atom stereocenters. The molecule has 1 aromatic rings. The minimum Gasteiger partial charge on any atom is -0.449 e. The van der Waals surface area contributed by atoms with Gasteiger partial charge in [-0.25, -0.2) is 9.59 Å². The van der Waals surface area contributed by atoms with Crippen molar-refractivity contribution in [3.63, 3.8) is 0 Å². The van der Waals surface area contributed by atoms with Crippen LogP contribution in [0.15, 0.2) is 11.0 Å². The van der Waals surface area contributed by atoms with Crippen LogP contribution in [-0.2, 0) is 14.2 Å². The fourth-order valence-corrected chi connectivity index (χ4v) is 3.15. The van der Waals surface area contributed by atoms with E-state index >= 15 is 0 Å². The van der Waals surface area contributed by atoms with Gasteiger partial charge in [-0.3, -0.25) is 9.88 Å². The van der Waals surface area contributed by atoms with E-state index in [0.29, 0.717) is 10.2 Å². The average molecular weight is 497 g/mol. The Bertz CT molecular complexity index is 739. The molecule has 10 nitrogen and oxygen atoms in total. The van der Waals surface area contributed by atoms with Crippen molar-refractivity contribution in [3.8, 4) is 0 Å². The molecular formula is C16H24IN3O7. The number of carbonyl (C=O) groups excluding carboxylic acids is 1. The molecule has 11 heteroatoms. The maximum atomic E-state index is 12.3. The number of hydrogen-bond acceptors (Lipinski definition) is 8. The van der Waals surface area contributed by atoms with Crippen molar-refractivity contribution < 1.29 is 29.2 Å². The number of ether oxygens (including phenoxy) is 3. The minimum absolute atomic E-state index is 0.0347. The maximum absolute atomic E-state index is 12.3. The summed E-state index contributed by atoms with van der Waals surface area (Å²) in [5.74, 6) is 0.0347. The molecule has 4 atom stereocenters. The summed E-state index contributed by atoms with van der Waals surface area (Å²) < 4.78 is 17.2. The van der Waals surface area contributed by atoms with E-state index in [2.05, 4.69) is 10.3 Å². The van der Waals surface area contributed by atoms with E-state index in [9.17, 15) is 19.8 Å². The number of nitrogens with zero attached hydrogens (tertiary/aromatic N) is 2. The molecule has 3 N–H and O–H groups in total. The molecule has 1 fully saturated rings. The van der Waals surface area contributed by atoms with Gasteiger partial charge in [0.05, 0.1) is 16.3 Å². The van der Waals surface area contributed by atoms with Crippen molar-refractivity contribution in [2.75, 3.05) is 25.6 Å². The number of rotatable bonds is 6. The number of methoxy groups -OCH3 is 1. The Morgan fingerprint density at radius 3 is 2.63 bits per heavy atom. The molecule has 0 bridgehead atoms. The van der Waals surface area contributed by atoms with Gasteiger partial charge in [-0.2, -0.15) is 4.98 Å². The summed E-state index contributed by atoms with van der Waals surface area (Å²) in [5, 5.41) is 22.3. The molecule has 0 saturated carbocycles. The summed E-state index contributed by atoms with van der Waals surface area (Å²) in [4.78, 5) is 28.1. The lowest BCUT2D eigenvalue weighted by Gasteiger charge is -2.23. The van der Waals surface area contributed by atoms with Crippen LogP contribution in [0.3, 0.4) is 0 Å².